The number of nitrogens with zero attached hydrogens (tertiary/aromatic N) is 3. The van der Waals surface area contributed by atoms with Gasteiger partial charge in [-0.1, -0.05) is 36.4 Å². The van der Waals surface area contributed by atoms with Gasteiger partial charge in [0.25, 0.3) is 0 Å². The molecule has 1 fully saturated rings. The molecule has 2 atom stereocenters. The summed E-state index contributed by atoms with van der Waals surface area (Å²) < 4.78 is 16.8. The van der Waals surface area contributed by atoms with E-state index >= 15 is 0 Å². The first kappa shape index (κ1) is 18.5. The number of hydrogen-bond acceptors (Lipinski definition) is 2. The molecular weight excluding hydrogens is 395 g/mol. The lowest BCUT2D eigenvalue weighted by Gasteiger charge is -2.27. The number of para-hydroxylation sites is 2. The van der Waals surface area contributed by atoms with Crippen LogP contribution in [0, 0.1) is 5.82 Å². The third-order valence-electron chi connectivity index (χ3n) is 5.32. The number of aromatic nitrogens is 2. The molecule has 0 unspecified atom stereocenters. The molecule has 0 amide bonds. The van der Waals surface area contributed by atoms with Gasteiger partial charge in [-0.05, 0) is 60.2 Å². The van der Waals surface area contributed by atoms with Crippen LogP contribution in [0.3, 0.4) is 0 Å². The Bertz CT molecular complexity index is 1180. The molecule has 4 nitrogen and oxygen atoms in total. The molecule has 1 saturated heterocycles. The van der Waals surface area contributed by atoms with E-state index in [0.29, 0.717) is 10.8 Å². The van der Waals surface area contributed by atoms with Crippen LogP contribution in [0.15, 0.2) is 97.5 Å². The molecule has 1 N–H and O–H groups in total. The summed E-state index contributed by atoms with van der Waals surface area (Å²) >= 11 is 5.65. The largest absolute Gasteiger partial charge is 0.351 e. The van der Waals surface area contributed by atoms with Gasteiger partial charge in [0.2, 0.25) is 0 Å². The molecule has 30 heavy (non-hydrogen) atoms. The molecule has 1 aliphatic heterocycles. The number of anilines is 1. The zero-order valence-corrected chi connectivity index (χ0v) is 16.8. The first-order valence-corrected chi connectivity index (χ1v) is 10.1. The van der Waals surface area contributed by atoms with Crippen molar-refractivity contribution in [1.29, 1.82) is 0 Å². The molecule has 4 aromatic rings. The zero-order chi connectivity index (χ0) is 20.5. The summed E-state index contributed by atoms with van der Waals surface area (Å²) in [4.78, 5) is 6.39. The van der Waals surface area contributed by atoms with Crippen LogP contribution in [-0.4, -0.2) is 14.7 Å². The van der Waals surface area contributed by atoms with Gasteiger partial charge in [-0.3, -0.25) is 4.98 Å². The topological polar surface area (TPSA) is 33.1 Å². The van der Waals surface area contributed by atoms with E-state index in [1.165, 1.54) is 6.07 Å². The standard InChI is InChI=1S/C24H19FN4S/c25-19-10-4-5-12-21(19)29-23(22(27-24(29)30)20-11-6-7-14-26-20)17-13-15-28(16-17)18-8-2-1-3-9-18/h1-16,22-23H,(H,27,30)/t22-,23-/m1/s1. The summed E-state index contributed by atoms with van der Waals surface area (Å²) in [5, 5.41) is 3.84. The van der Waals surface area contributed by atoms with Crippen molar-refractivity contribution in [2.75, 3.05) is 4.90 Å². The Labute approximate surface area is 179 Å². The van der Waals surface area contributed by atoms with E-state index < -0.39 is 0 Å². The molecule has 0 aliphatic carbocycles. The summed E-state index contributed by atoms with van der Waals surface area (Å²) in [7, 11) is 0. The lowest BCUT2D eigenvalue weighted by molar-refractivity contribution is 0.558. The highest BCUT2D eigenvalue weighted by molar-refractivity contribution is 7.80. The molecular formula is C24H19FN4S. The quantitative estimate of drug-likeness (QED) is 0.466. The summed E-state index contributed by atoms with van der Waals surface area (Å²) in [6.45, 7) is 0. The smallest absolute Gasteiger partial charge is 0.174 e. The van der Waals surface area contributed by atoms with Gasteiger partial charge >= 0.3 is 0 Å². The highest BCUT2D eigenvalue weighted by Crippen LogP contribution is 2.42. The average molecular weight is 415 g/mol. The maximum atomic E-state index is 14.8. The fourth-order valence-corrected chi connectivity index (χ4v) is 4.29. The summed E-state index contributed by atoms with van der Waals surface area (Å²) in [5.74, 6) is -0.309. The number of halogens is 1. The molecule has 6 heteroatoms. The molecule has 0 saturated carbocycles. The number of pyridine rings is 1. The van der Waals surface area contributed by atoms with Crippen molar-refractivity contribution in [3.8, 4) is 5.69 Å². The number of hydrogen-bond donors (Lipinski definition) is 1. The van der Waals surface area contributed by atoms with Gasteiger partial charge in [0, 0.05) is 24.3 Å². The summed E-state index contributed by atoms with van der Waals surface area (Å²) in [6.07, 6.45) is 5.85. The predicted octanol–water partition coefficient (Wildman–Crippen LogP) is 5.19. The van der Waals surface area contributed by atoms with Crippen molar-refractivity contribution >= 4 is 23.0 Å². The lowest BCUT2D eigenvalue weighted by Crippen LogP contribution is -2.30. The van der Waals surface area contributed by atoms with Gasteiger partial charge in [-0.25, -0.2) is 4.39 Å². The fourth-order valence-electron chi connectivity index (χ4n) is 3.95. The Morgan fingerprint density at radius 3 is 2.43 bits per heavy atom. The van der Waals surface area contributed by atoms with Crippen molar-refractivity contribution in [3.63, 3.8) is 0 Å². The monoisotopic (exact) mass is 414 g/mol. The van der Waals surface area contributed by atoms with Crippen LogP contribution in [0.4, 0.5) is 10.1 Å². The van der Waals surface area contributed by atoms with Crippen LogP contribution in [0.1, 0.15) is 23.3 Å². The van der Waals surface area contributed by atoms with Crippen LogP contribution in [0.2, 0.25) is 0 Å². The third kappa shape index (κ3) is 3.25. The highest BCUT2D eigenvalue weighted by Gasteiger charge is 2.41. The highest BCUT2D eigenvalue weighted by atomic mass is 32.1. The first-order valence-electron chi connectivity index (χ1n) is 9.71. The second kappa shape index (κ2) is 7.72. The van der Waals surface area contributed by atoms with Crippen molar-refractivity contribution in [3.05, 3.63) is 115 Å². The van der Waals surface area contributed by atoms with E-state index in [-0.39, 0.29) is 17.9 Å². The second-order valence-corrected chi connectivity index (χ2v) is 7.52. The molecule has 0 radical (unpaired) electrons. The van der Waals surface area contributed by atoms with Crippen LogP contribution >= 0.6 is 12.2 Å². The minimum absolute atomic E-state index is 0.204. The van der Waals surface area contributed by atoms with Gasteiger partial charge in [-0.2, -0.15) is 0 Å². The van der Waals surface area contributed by atoms with Crippen molar-refractivity contribution in [2.24, 2.45) is 0 Å². The van der Waals surface area contributed by atoms with Gasteiger partial charge in [0.15, 0.2) is 5.11 Å². The molecule has 3 heterocycles. The number of nitrogens with one attached hydrogen (secondary N) is 1. The SMILES string of the molecule is Fc1ccccc1N1C(=S)N[C@H](c2ccccn2)[C@H]1c1ccn(-c2ccccc2)c1. The predicted molar refractivity (Wildman–Crippen MR) is 120 cm³/mol. The minimum atomic E-state index is -0.309. The van der Waals surface area contributed by atoms with Crippen LogP contribution in [-0.2, 0) is 0 Å². The molecule has 2 aromatic carbocycles. The average Bonchev–Trinajstić information content (AvgIpc) is 3.40. The Balaban J connectivity index is 1.62. The van der Waals surface area contributed by atoms with Crippen molar-refractivity contribution in [2.45, 2.75) is 12.1 Å². The van der Waals surface area contributed by atoms with Gasteiger partial charge in [0.05, 0.1) is 23.5 Å². The van der Waals surface area contributed by atoms with Crippen molar-refractivity contribution < 1.29 is 4.39 Å². The Morgan fingerprint density at radius 2 is 1.67 bits per heavy atom. The Kier molecular flexibility index (Phi) is 4.77. The van der Waals surface area contributed by atoms with Gasteiger partial charge < -0.3 is 14.8 Å². The Hall–Kier alpha value is -3.51. The van der Waals surface area contributed by atoms with E-state index in [2.05, 4.69) is 27.1 Å². The van der Waals surface area contributed by atoms with E-state index in [1.54, 1.807) is 18.3 Å². The lowest BCUT2D eigenvalue weighted by atomic mass is 9.98. The summed E-state index contributed by atoms with van der Waals surface area (Å²) in [5.41, 5.74) is 3.39. The van der Waals surface area contributed by atoms with Gasteiger partial charge in [-0.15, -0.1) is 0 Å². The van der Waals surface area contributed by atoms with Crippen LogP contribution < -0.4 is 10.2 Å². The first-order chi connectivity index (χ1) is 14.7. The van der Waals surface area contributed by atoms with E-state index in [9.17, 15) is 4.39 Å². The number of thiocarbonyl (C=S) groups is 1. The fraction of sp³-hybridized carbons (Fsp3) is 0.0833. The minimum Gasteiger partial charge on any atom is -0.351 e. The van der Waals surface area contributed by atoms with E-state index in [0.717, 1.165) is 16.9 Å². The summed E-state index contributed by atoms with van der Waals surface area (Å²) in [6, 6.07) is 24.2. The number of benzene rings is 2. The third-order valence-corrected chi connectivity index (χ3v) is 5.64. The van der Waals surface area contributed by atoms with Crippen molar-refractivity contribution in [1.82, 2.24) is 14.9 Å². The van der Waals surface area contributed by atoms with E-state index in [1.807, 2.05) is 65.7 Å². The molecule has 1 aliphatic rings. The molecule has 2 aromatic heterocycles. The normalized spacial score (nSPS) is 18.4. The van der Waals surface area contributed by atoms with Gasteiger partial charge in [0.1, 0.15) is 5.82 Å². The Morgan fingerprint density at radius 1 is 0.900 bits per heavy atom. The zero-order valence-electron chi connectivity index (χ0n) is 16.0. The molecule has 5 rings (SSSR count). The maximum absolute atomic E-state index is 14.8. The molecule has 0 spiro atoms. The maximum Gasteiger partial charge on any atom is 0.174 e. The number of rotatable bonds is 4. The molecule has 0 bridgehead atoms. The molecule has 148 valence electrons. The van der Waals surface area contributed by atoms with Crippen LogP contribution in [0.25, 0.3) is 5.69 Å². The van der Waals surface area contributed by atoms with E-state index in [4.69, 9.17) is 12.2 Å². The van der Waals surface area contributed by atoms with Crippen LogP contribution in [0.5, 0.6) is 0 Å². The second-order valence-electron chi connectivity index (χ2n) is 7.14.